The molecular formula is C13H20N2O. The molecule has 3 heteroatoms. The normalized spacial score (nSPS) is 28.2. The molecule has 0 saturated carbocycles. The van der Waals surface area contributed by atoms with Gasteiger partial charge in [-0.15, -0.1) is 0 Å². The molecule has 1 aromatic rings. The third kappa shape index (κ3) is 2.12. The van der Waals surface area contributed by atoms with Crippen LogP contribution >= 0.6 is 0 Å². The third-order valence-electron chi connectivity index (χ3n) is 3.62. The number of hydrogen-bond acceptors (Lipinski definition) is 3. The minimum Gasteiger partial charge on any atom is -0.394 e. The van der Waals surface area contributed by atoms with Crippen LogP contribution in [0.1, 0.15) is 24.9 Å². The van der Waals surface area contributed by atoms with Crippen molar-refractivity contribution in [2.24, 2.45) is 5.73 Å². The van der Waals surface area contributed by atoms with Gasteiger partial charge in [0.2, 0.25) is 0 Å². The molecule has 2 rings (SSSR count). The molecule has 16 heavy (non-hydrogen) atoms. The van der Waals surface area contributed by atoms with Crippen molar-refractivity contribution in [3.8, 4) is 0 Å². The summed E-state index contributed by atoms with van der Waals surface area (Å²) in [6.45, 7) is 3.27. The number of likely N-dealkylation sites (tertiary alicyclic amines) is 1. The van der Waals surface area contributed by atoms with Crippen LogP contribution in [-0.2, 0) is 0 Å². The molecule has 1 aliphatic heterocycles. The van der Waals surface area contributed by atoms with E-state index in [1.807, 2.05) is 18.2 Å². The average Bonchev–Trinajstić information content (AvgIpc) is 2.64. The van der Waals surface area contributed by atoms with Gasteiger partial charge in [0.15, 0.2) is 0 Å². The van der Waals surface area contributed by atoms with Gasteiger partial charge >= 0.3 is 0 Å². The van der Waals surface area contributed by atoms with Crippen LogP contribution < -0.4 is 5.73 Å². The fourth-order valence-corrected chi connectivity index (χ4v) is 2.51. The molecule has 0 radical (unpaired) electrons. The van der Waals surface area contributed by atoms with Gasteiger partial charge in [-0.3, -0.25) is 4.90 Å². The Labute approximate surface area is 96.9 Å². The fourth-order valence-electron chi connectivity index (χ4n) is 2.51. The van der Waals surface area contributed by atoms with Gasteiger partial charge in [-0.05, 0) is 18.9 Å². The second kappa shape index (κ2) is 4.95. The lowest BCUT2D eigenvalue weighted by Gasteiger charge is -2.31. The molecule has 3 N–H and O–H groups in total. The van der Waals surface area contributed by atoms with Gasteiger partial charge < -0.3 is 10.8 Å². The summed E-state index contributed by atoms with van der Waals surface area (Å²) in [6, 6.07) is 10.8. The smallest absolute Gasteiger partial charge is 0.0628 e. The Kier molecular flexibility index (Phi) is 3.59. The summed E-state index contributed by atoms with van der Waals surface area (Å²) in [4.78, 5) is 2.31. The molecule has 1 aliphatic rings. The van der Waals surface area contributed by atoms with E-state index in [2.05, 4.69) is 24.0 Å². The van der Waals surface area contributed by atoms with Gasteiger partial charge in [-0.2, -0.15) is 0 Å². The molecule has 1 saturated heterocycles. The van der Waals surface area contributed by atoms with Crippen LogP contribution in [0.4, 0.5) is 0 Å². The first-order valence-electron chi connectivity index (χ1n) is 5.91. The van der Waals surface area contributed by atoms with Crippen LogP contribution in [0.25, 0.3) is 0 Å². The van der Waals surface area contributed by atoms with E-state index >= 15 is 0 Å². The Hall–Kier alpha value is -0.900. The van der Waals surface area contributed by atoms with Crippen LogP contribution in [-0.4, -0.2) is 35.2 Å². The van der Waals surface area contributed by atoms with E-state index in [4.69, 9.17) is 5.73 Å². The van der Waals surface area contributed by atoms with Crippen molar-refractivity contribution in [1.29, 1.82) is 0 Å². The van der Waals surface area contributed by atoms with Crippen molar-refractivity contribution in [3.63, 3.8) is 0 Å². The van der Waals surface area contributed by atoms with E-state index in [-0.39, 0.29) is 18.7 Å². The number of rotatable bonds is 3. The molecule has 0 spiro atoms. The second-order valence-corrected chi connectivity index (χ2v) is 4.54. The molecule has 0 aliphatic carbocycles. The van der Waals surface area contributed by atoms with Gasteiger partial charge in [-0.1, -0.05) is 30.3 Å². The molecule has 0 aromatic heterocycles. The highest BCUT2D eigenvalue weighted by molar-refractivity contribution is 5.20. The summed E-state index contributed by atoms with van der Waals surface area (Å²) in [6.07, 6.45) is 1.02. The molecule has 3 nitrogen and oxygen atoms in total. The summed E-state index contributed by atoms with van der Waals surface area (Å²) in [5, 5.41) is 9.56. The van der Waals surface area contributed by atoms with E-state index in [0.717, 1.165) is 13.0 Å². The molecule has 1 aromatic carbocycles. The topological polar surface area (TPSA) is 49.5 Å². The second-order valence-electron chi connectivity index (χ2n) is 4.54. The largest absolute Gasteiger partial charge is 0.394 e. The van der Waals surface area contributed by atoms with Crippen LogP contribution in [0.2, 0.25) is 0 Å². The Bertz CT molecular complexity index is 328. The van der Waals surface area contributed by atoms with Gasteiger partial charge in [-0.25, -0.2) is 0 Å². The minimum atomic E-state index is 0.0877. The maximum absolute atomic E-state index is 9.56. The van der Waals surface area contributed by atoms with Crippen molar-refractivity contribution in [2.45, 2.75) is 31.5 Å². The number of nitrogens with two attached hydrogens (primary N) is 1. The highest BCUT2D eigenvalue weighted by atomic mass is 16.3. The summed E-state index contributed by atoms with van der Waals surface area (Å²) >= 11 is 0. The van der Waals surface area contributed by atoms with Crippen molar-refractivity contribution in [2.75, 3.05) is 13.2 Å². The summed E-state index contributed by atoms with van der Waals surface area (Å²) in [5.41, 5.74) is 7.19. The summed E-state index contributed by atoms with van der Waals surface area (Å²) in [7, 11) is 0. The Morgan fingerprint density at radius 3 is 2.62 bits per heavy atom. The van der Waals surface area contributed by atoms with Crippen LogP contribution in [0.3, 0.4) is 0 Å². The Morgan fingerprint density at radius 1 is 1.44 bits per heavy atom. The van der Waals surface area contributed by atoms with Gasteiger partial charge in [0.1, 0.15) is 0 Å². The number of nitrogens with zero attached hydrogens (tertiary/aromatic N) is 1. The zero-order valence-electron chi connectivity index (χ0n) is 9.71. The van der Waals surface area contributed by atoms with E-state index in [0.29, 0.717) is 6.04 Å². The van der Waals surface area contributed by atoms with Gasteiger partial charge in [0.25, 0.3) is 0 Å². The first-order chi connectivity index (χ1) is 7.74. The van der Waals surface area contributed by atoms with Gasteiger partial charge in [0.05, 0.1) is 12.6 Å². The Balaban J connectivity index is 2.17. The first-order valence-corrected chi connectivity index (χ1v) is 5.91. The highest BCUT2D eigenvalue weighted by Gasteiger charge is 2.33. The predicted molar refractivity (Wildman–Crippen MR) is 65.0 cm³/mol. The zero-order valence-corrected chi connectivity index (χ0v) is 9.71. The van der Waals surface area contributed by atoms with Crippen LogP contribution in [0.5, 0.6) is 0 Å². The lowest BCUT2D eigenvalue weighted by atomic mass is 10.0. The predicted octanol–water partition coefficient (Wildman–Crippen LogP) is 1.14. The molecule has 3 atom stereocenters. The van der Waals surface area contributed by atoms with Crippen LogP contribution in [0.15, 0.2) is 30.3 Å². The summed E-state index contributed by atoms with van der Waals surface area (Å²) < 4.78 is 0. The maximum Gasteiger partial charge on any atom is 0.0628 e. The third-order valence-corrected chi connectivity index (χ3v) is 3.62. The van der Waals surface area contributed by atoms with Gasteiger partial charge in [0, 0.05) is 18.6 Å². The van der Waals surface area contributed by atoms with Crippen LogP contribution in [0, 0.1) is 0 Å². The number of aliphatic hydroxyl groups is 1. The van der Waals surface area contributed by atoms with Crippen molar-refractivity contribution in [3.05, 3.63) is 35.9 Å². The van der Waals surface area contributed by atoms with E-state index in [1.54, 1.807) is 0 Å². The highest BCUT2D eigenvalue weighted by Crippen LogP contribution is 2.28. The monoisotopic (exact) mass is 220 g/mol. The fraction of sp³-hybridized carbons (Fsp3) is 0.538. The summed E-state index contributed by atoms with van der Waals surface area (Å²) in [5.74, 6) is 0. The molecule has 1 heterocycles. The van der Waals surface area contributed by atoms with Crippen molar-refractivity contribution >= 4 is 0 Å². The molecule has 1 fully saturated rings. The molecule has 0 amide bonds. The van der Waals surface area contributed by atoms with E-state index in [9.17, 15) is 5.11 Å². The van der Waals surface area contributed by atoms with E-state index in [1.165, 1.54) is 5.56 Å². The maximum atomic E-state index is 9.56. The zero-order chi connectivity index (χ0) is 11.5. The molecule has 88 valence electrons. The molecule has 0 bridgehead atoms. The van der Waals surface area contributed by atoms with Crippen molar-refractivity contribution in [1.82, 2.24) is 4.90 Å². The number of benzene rings is 1. The average molecular weight is 220 g/mol. The molecule has 2 unspecified atom stereocenters. The number of aliphatic hydroxyl groups excluding tert-OH is 1. The number of hydrogen-bond donors (Lipinski definition) is 2. The Morgan fingerprint density at radius 2 is 2.12 bits per heavy atom. The van der Waals surface area contributed by atoms with E-state index < -0.39 is 0 Å². The first kappa shape index (κ1) is 11.6. The quantitative estimate of drug-likeness (QED) is 0.803. The molecular weight excluding hydrogens is 200 g/mol. The van der Waals surface area contributed by atoms with Crippen molar-refractivity contribution < 1.29 is 5.11 Å². The lowest BCUT2D eigenvalue weighted by Crippen LogP contribution is -2.40. The minimum absolute atomic E-state index is 0.0877. The lowest BCUT2D eigenvalue weighted by molar-refractivity contribution is 0.115. The SMILES string of the molecule is CC1[C@H](N)CCN1C(CO)c1ccccc1. The standard InChI is InChI=1S/C13H20N2O/c1-10-12(14)7-8-15(10)13(9-16)11-5-3-2-4-6-11/h2-6,10,12-13,16H,7-9,14H2,1H3/t10?,12-,13?/m1/s1.